The highest BCUT2D eigenvalue weighted by Gasteiger charge is 2.29. The minimum absolute atomic E-state index is 0.0221. The van der Waals surface area contributed by atoms with Gasteiger partial charge in [-0.25, -0.2) is 4.68 Å². The summed E-state index contributed by atoms with van der Waals surface area (Å²) in [6, 6.07) is 17.8. The molecule has 2 aromatic heterocycles. The van der Waals surface area contributed by atoms with Gasteiger partial charge in [0.15, 0.2) is 6.23 Å². The molecular formula is C26H31N5O2. The van der Waals surface area contributed by atoms with E-state index >= 15 is 0 Å². The minimum Gasteiger partial charge on any atom is -0.368 e. The number of fused-ring (bicyclic) bond motifs is 3. The van der Waals surface area contributed by atoms with Gasteiger partial charge in [-0.1, -0.05) is 36.4 Å². The minimum atomic E-state index is -0.983. The van der Waals surface area contributed by atoms with Crippen LogP contribution in [0.25, 0.3) is 21.8 Å². The predicted molar refractivity (Wildman–Crippen MR) is 133 cm³/mol. The largest absolute Gasteiger partial charge is 0.368 e. The van der Waals surface area contributed by atoms with Gasteiger partial charge in [-0.15, -0.1) is 0 Å². The van der Waals surface area contributed by atoms with E-state index < -0.39 is 6.23 Å². The molecule has 1 saturated heterocycles. The average molecular weight is 446 g/mol. The summed E-state index contributed by atoms with van der Waals surface area (Å²) in [5.74, 6) is 0. The Hall–Kier alpha value is -3.16. The van der Waals surface area contributed by atoms with E-state index in [2.05, 4.69) is 11.9 Å². The van der Waals surface area contributed by atoms with E-state index in [1.165, 1.54) is 0 Å². The summed E-state index contributed by atoms with van der Waals surface area (Å²) in [6.07, 6.45) is 0.749. The van der Waals surface area contributed by atoms with Gasteiger partial charge in [0, 0.05) is 35.6 Å². The number of aryl methyl sites for hydroxylation is 1. The molecule has 0 bridgehead atoms. The van der Waals surface area contributed by atoms with Crippen molar-refractivity contribution < 1.29 is 5.11 Å². The van der Waals surface area contributed by atoms with E-state index in [-0.39, 0.29) is 11.6 Å². The Morgan fingerprint density at radius 3 is 2.42 bits per heavy atom. The number of hydrogen-bond donors (Lipinski definition) is 1. The Kier molecular flexibility index (Phi) is 5.68. The number of rotatable bonds is 5. The van der Waals surface area contributed by atoms with Gasteiger partial charge in [0.2, 0.25) is 0 Å². The van der Waals surface area contributed by atoms with Crippen molar-refractivity contribution in [3.63, 3.8) is 0 Å². The van der Waals surface area contributed by atoms with Gasteiger partial charge >= 0.3 is 0 Å². The van der Waals surface area contributed by atoms with E-state index in [0.29, 0.717) is 17.8 Å². The Morgan fingerprint density at radius 1 is 1.06 bits per heavy atom. The van der Waals surface area contributed by atoms with E-state index in [9.17, 15) is 9.90 Å². The number of benzene rings is 2. The smallest absolute Gasteiger partial charge is 0.291 e. The number of aliphatic hydroxyl groups is 1. The topological polar surface area (TPSA) is 66.5 Å². The highest BCUT2D eigenvalue weighted by atomic mass is 16.3. The number of piperidine rings is 1. The van der Waals surface area contributed by atoms with Crippen molar-refractivity contribution in [2.24, 2.45) is 7.05 Å². The molecular weight excluding hydrogens is 414 g/mol. The molecule has 0 radical (unpaired) electrons. The standard InChI is InChI=1S/C26H31N5O2/c1-4-30(18-10-6-5-7-11-18)25(32)23-22-20-12-8-9-13-21(20)29(3)24(22)26(33)31(27-23)19-14-16-28(2)17-15-19/h5-13,19,25,32H,4,14-17H2,1-3H3. The fourth-order valence-electron chi connectivity index (χ4n) is 5.15. The van der Waals surface area contributed by atoms with Gasteiger partial charge in [-0.3, -0.25) is 4.79 Å². The van der Waals surface area contributed by atoms with Crippen LogP contribution in [0.5, 0.6) is 0 Å². The van der Waals surface area contributed by atoms with E-state index in [0.717, 1.165) is 47.9 Å². The molecule has 4 aromatic rings. The lowest BCUT2D eigenvalue weighted by molar-refractivity contribution is 0.162. The summed E-state index contributed by atoms with van der Waals surface area (Å²) < 4.78 is 3.60. The summed E-state index contributed by atoms with van der Waals surface area (Å²) in [6.45, 7) is 4.47. The summed E-state index contributed by atoms with van der Waals surface area (Å²) in [5, 5.41) is 18.3. The molecule has 1 unspecified atom stereocenters. The molecule has 0 amide bonds. The van der Waals surface area contributed by atoms with Gasteiger partial charge < -0.3 is 19.5 Å². The first kappa shape index (κ1) is 21.7. The molecule has 1 aliphatic rings. The number of hydrogen-bond acceptors (Lipinski definition) is 5. The molecule has 1 N–H and O–H groups in total. The van der Waals surface area contributed by atoms with Crippen LogP contribution >= 0.6 is 0 Å². The molecule has 0 saturated carbocycles. The molecule has 5 rings (SSSR count). The Morgan fingerprint density at radius 2 is 1.73 bits per heavy atom. The Balaban J connectivity index is 1.76. The maximum absolute atomic E-state index is 13.8. The first-order valence-electron chi connectivity index (χ1n) is 11.7. The van der Waals surface area contributed by atoms with Crippen molar-refractivity contribution in [1.82, 2.24) is 19.2 Å². The van der Waals surface area contributed by atoms with Crippen LogP contribution in [0.2, 0.25) is 0 Å². The van der Waals surface area contributed by atoms with E-state index in [4.69, 9.17) is 5.10 Å². The quantitative estimate of drug-likeness (QED) is 0.475. The SMILES string of the molecule is CCN(c1ccccc1)C(O)c1nn(C2CCN(C)CC2)c(=O)c2c1c1ccccc1n2C. The molecule has 33 heavy (non-hydrogen) atoms. The molecule has 0 aliphatic carbocycles. The van der Waals surface area contributed by atoms with Crippen molar-refractivity contribution in [2.45, 2.75) is 32.0 Å². The molecule has 1 atom stereocenters. The zero-order chi connectivity index (χ0) is 23.1. The second-order valence-electron chi connectivity index (χ2n) is 8.96. The lowest BCUT2D eigenvalue weighted by atomic mass is 10.1. The van der Waals surface area contributed by atoms with Crippen LogP contribution in [0, 0.1) is 0 Å². The summed E-state index contributed by atoms with van der Waals surface area (Å²) in [5.41, 5.74) is 2.93. The van der Waals surface area contributed by atoms with Crippen LogP contribution in [0.3, 0.4) is 0 Å². The normalized spacial score (nSPS) is 16.5. The van der Waals surface area contributed by atoms with Crippen LogP contribution < -0.4 is 10.5 Å². The molecule has 7 heteroatoms. The predicted octanol–water partition coefficient (Wildman–Crippen LogP) is 3.67. The van der Waals surface area contributed by atoms with Crippen molar-refractivity contribution in [2.75, 3.05) is 31.6 Å². The highest BCUT2D eigenvalue weighted by molar-refractivity contribution is 6.09. The van der Waals surface area contributed by atoms with Gasteiger partial charge in [-0.2, -0.15) is 5.10 Å². The summed E-state index contributed by atoms with van der Waals surface area (Å²) in [4.78, 5) is 18.0. The number of nitrogens with zero attached hydrogens (tertiary/aromatic N) is 5. The second kappa shape index (κ2) is 8.65. The maximum atomic E-state index is 13.8. The zero-order valence-electron chi connectivity index (χ0n) is 19.5. The van der Waals surface area contributed by atoms with Crippen LogP contribution in [0.1, 0.15) is 37.7 Å². The molecule has 3 heterocycles. The third-order valence-corrected chi connectivity index (χ3v) is 6.99. The van der Waals surface area contributed by atoms with E-state index in [1.54, 1.807) is 4.68 Å². The van der Waals surface area contributed by atoms with E-state index in [1.807, 2.05) is 78.0 Å². The third-order valence-electron chi connectivity index (χ3n) is 6.99. The second-order valence-corrected chi connectivity index (χ2v) is 8.96. The Labute approximate surface area is 193 Å². The third kappa shape index (κ3) is 3.61. The lowest BCUT2D eigenvalue weighted by Crippen LogP contribution is -2.38. The first-order chi connectivity index (χ1) is 16.0. The van der Waals surface area contributed by atoms with Crippen LogP contribution in [-0.4, -0.2) is 51.0 Å². The number of para-hydroxylation sites is 2. The molecule has 1 fully saturated rings. The molecule has 172 valence electrons. The van der Waals surface area contributed by atoms with Gasteiger partial charge in [0.1, 0.15) is 11.2 Å². The van der Waals surface area contributed by atoms with Crippen molar-refractivity contribution in [3.05, 3.63) is 70.6 Å². The fraction of sp³-hybridized carbons (Fsp3) is 0.385. The van der Waals surface area contributed by atoms with Crippen molar-refractivity contribution in [1.29, 1.82) is 0 Å². The van der Waals surface area contributed by atoms with Gasteiger partial charge in [0.25, 0.3) is 5.56 Å². The van der Waals surface area contributed by atoms with Crippen LogP contribution in [0.15, 0.2) is 59.4 Å². The molecule has 2 aromatic carbocycles. The van der Waals surface area contributed by atoms with Crippen molar-refractivity contribution >= 4 is 27.5 Å². The van der Waals surface area contributed by atoms with Crippen LogP contribution in [0.4, 0.5) is 5.69 Å². The summed E-state index contributed by atoms with van der Waals surface area (Å²) >= 11 is 0. The average Bonchev–Trinajstić information content (AvgIpc) is 3.14. The zero-order valence-corrected chi connectivity index (χ0v) is 19.5. The number of anilines is 1. The monoisotopic (exact) mass is 445 g/mol. The first-order valence-corrected chi connectivity index (χ1v) is 11.7. The molecule has 1 aliphatic heterocycles. The highest BCUT2D eigenvalue weighted by Crippen LogP contribution is 2.34. The Bertz CT molecular complexity index is 1340. The lowest BCUT2D eigenvalue weighted by Gasteiger charge is -2.32. The molecule has 0 spiro atoms. The number of likely N-dealkylation sites (tertiary alicyclic amines) is 1. The van der Waals surface area contributed by atoms with Gasteiger partial charge in [0.05, 0.1) is 6.04 Å². The van der Waals surface area contributed by atoms with Crippen molar-refractivity contribution in [3.8, 4) is 0 Å². The van der Waals surface area contributed by atoms with Gasteiger partial charge in [-0.05, 0) is 58.1 Å². The maximum Gasteiger partial charge on any atom is 0.291 e. The van der Waals surface area contributed by atoms with Crippen LogP contribution in [-0.2, 0) is 7.05 Å². The molecule has 7 nitrogen and oxygen atoms in total. The fourth-order valence-corrected chi connectivity index (χ4v) is 5.15. The number of aliphatic hydroxyl groups excluding tert-OH is 1. The summed E-state index contributed by atoms with van der Waals surface area (Å²) in [7, 11) is 4.03. The number of aromatic nitrogens is 3.